The molecule has 0 aliphatic heterocycles. The molecule has 0 spiro atoms. The fourth-order valence-electron chi connectivity index (χ4n) is 0. The second-order valence-electron chi connectivity index (χ2n) is 0.802. The van der Waals surface area contributed by atoms with E-state index in [4.69, 9.17) is 24.9 Å². The molecule has 0 saturated carbocycles. The van der Waals surface area contributed by atoms with E-state index in [9.17, 15) is 0 Å². The van der Waals surface area contributed by atoms with Gasteiger partial charge in [-0.25, -0.2) is 4.79 Å². The molecular weight excluding hydrogens is 196 g/mol. The molecule has 0 bridgehead atoms. The van der Waals surface area contributed by atoms with Gasteiger partial charge in [-0.15, -0.1) is 0 Å². The van der Waals surface area contributed by atoms with Crippen LogP contribution in [-0.2, 0) is 21.9 Å². The Hall–Kier alpha value is 0.0257. The minimum Gasteiger partial charge on any atom is -0.481 e. The van der Waals surface area contributed by atoms with Gasteiger partial charge in [0.15, 0.2) is 0 Å². The number of hydrogen-bond donors (Lipinski definition) is 3. The molecule has 3 N–H and O–H groups in total. The molecule has 0 aromatic carbocycles. The first-order valence-electron chi connectivity index (χ1n) is 1.58. The Kier molecular flexibility index (Phi) is 36.0. The zero-order chi connectivity index (χ0) is 7.15. The Labute approximate surface area is 84.0 Å². The van der Waals surface area contributed by atoms with Gasteiger partial charge in [0, 0.05) is 24.0 Å². The van der Waals surface area contributed by atoms with Gasteiger partial charge in [-0.3, -0.25) is 4.79 Å². The molecule has 60 valence electrons. The van der Waals surface area contributed by atoms with Crippen molar-refractivity contribution in [2.24, 2.45) is 0 Å². The Morgan fingerprint density at radius 3 is 1.10 bits per heavy atom. The molecule has 0 aliphatic rings. The second kappa shape index (κ2) is 16.0. The standard InChI is InChI=1S/C2H4O2.CH2O3.Fe.Mg.2H/c1-2(3)4;2-1(3)4;;;;/h1H3,(H,3,4);(H2,2,3,4);;;;. The van der Waals surface area contributed by atoms with Crippen LogP contribution in [0.2, 0.25) is 0 Å². The summed E-state index contributed by atoms with van der Waals surface area (Å²) in [7, 11) is 0. The number of rotatable bonds is 0. The van der Waals surface area contributed by atoms with Crippen LogP contribution in [0.25, 0.3) is 0 Å². The van der Waals surface area contributed by atoms with Crippen LogP contribution in [0, 0.1) is 0 Å². The van der Waals surface area contributed by atoms with Crippen molar-refractivity contribution in [2.45, 2.75) is 6.92 Å². The van der Waals surface area contributed by atoms with Gasteiger partial charge in [0.2, 0.25) is 0 Å². The summed E-state index contributed by atoms with van der Waals surface area (Å²) in [6.07, 6.45) is -1.83. The van der Waals surface area contributed by atoms with Crippen LogP contribution in [-0.4, -0.2) is 50.5 Å². The Morgan fingerprint density at radius 2 is 1.10 bits per heavy atom. The maximum atomic E-state index is 9.00. The average molecular weight is 204 g/mol. The molecule has 10 heavy (non-hydrogen) atoms. The molecule has 0 amide bonds. The van der Waals surface area contributed by atoms with Crippen molar-refractivity contribution in [1.82, 2.24) is 0 Å². The first kappa shape index (κ1) is 22.5. The van der Waals surface area contributed by atoms with E-state index in [2.05, 4.69) is 0 Å². The molecular formula is C3H8FeMgO5. The van der Waals surface area contributed by atoms with Gasteiger partial charge >= 0.3 is 29.2 Å². The molecule has 0 saturated heterocycles. The monoisotopic (exact) mass is 204 g/mol. The minimum absolute atomic E-state index is 0. The van der Waals surface area contributed by atoms with Crippen molar-refractivity contribution in [3.8, 4) is 0 Å². The predicted octanol–water partition coefficient (Wildman–Crippen LogP) is -0.605. The summed E-state index contributed by atoms with van der Waals surface area (Å²) in [6, 6.07) is 0. The van der Waals surface area contributed by atoms with Crippen molar-refractivity contribution < 1.29 is 42.0 Å². The maximum absolute atomic E-state index is 9.00. The number of carboxylic acids is 1. The van der Waals surface area contributed by atoms with E-state index in [0.717, 1.165) is 6.92 Å². The summed E-state index contributed by atoms with van der Waals surface area (Å²) in [5.41, 5.74) is 0. The third-order valence-electron chi connectivity index (χ3n) is 0. The largest absolute Gasteiger partial charge is 0.503 e. The van der Waals surface area contributed by atoms with Crippen molar-refractivity contribution in [3.05, 3.63) is 0 Å². The van der Waals surface area contributed by atoms with E-state index in [1.165, 1.54) is 0 Å². The molecule has 0 aromatic heterocycles. The van der Waals surface area contributed by atoms with Gasteiger partial charge < -0.3 is 15.3 Å². The number of carbonyl (C=O) groups is 2. The Bertz CT molecular complexity index is 74.9. The zero-order valence-corrected chi connectivity index (χ0v) is 5.62. The van der Waals surface area contributed by atoms with E-state index >= 15 is 0 Å². The third kappa shape index (κ3) is 599000. The maximum Gasteiger partial charge on any atom is 0.503 e. The van der Waals surface area contributed by atoms with Crippen molar-refractivity contribution in [3.63, 3.8) is 0 Å². The normalized spacial score (nSPS) is 4.90. The van der Waals surface area contributed by atoms with Crippen LogP contribution in [0.4, 0.5) is 4.79 Å². The Morgan fingerprint density at radius 1 is 1.10 bits per heavy atom. The molecule has 0 rings (SSSR count). The van der Waals surface area contributed by atoms with Crippen LogP contribution in [0.15, 0.2) is 0 Å². The van der Waals surface area contributed by atoms with E-state index in [0.29, 0.717) is 0 Å². The van der Waals surface area contributed by atoms with Crippen molar-refractivity contribution >= 4 is 35.2 Å². The molecule has 0 radical (unpaired) electrons. The number of hydrogen-bond acceptors (Lipinski definition) is 2. The molecule has 7 heteroatoms. The fraction of sp³-hybridized carbons (Fsp3) is 0.333. The van der Waals surface area contributed by atoms with E-state index < -0.39 is 12.1 Å². The zero-order valence-electron chi connectivity index (χ0n) is 4.51. The first-order valence-corrected chi connectivity index (χ1v) is 1.58. The second-order valence-corrected chi connectivity index (χ2v) is 0.802. The predicted molar refractivity (Wildman–Crippen MR) is 32.5 cm³/mol. The summed E-state index contributed by atoms with van der Waals surface area (Å²) in [6.45, 7) is 1.08. The van der Waals surface area contributed by atoms with Gasteiger partial charge in [-0.05, 0) is 0 Å². The quantitative estimate of drug-likeness (QED) is 0.458. The van der Waals surface area contributed by atoms with Crippen LogP contribution >= 0.6 is 0 Å². The van der Waals surface area contributed by atoms with Crippen LogP contribution in [0.1, 0.15) is 6.92 Å². The van der Waals surface area contributed by atoms with E-state index in [1.54, 1.807) is 0 Å². The van der Waals surface area contributed by atoms with Crippen molar-refractivity contribution in [2.75, 3.05) is 0 Å². The third-order valence-corrected chi connectivity index (χ3v) is 0. The number of carboxylic acid groups (broad SMARTS) is 3. The summed E-state index contributed by atoms with van der Waals surface area (Å²) in [5.74, 6) is -0.833. The van der Waals surface area contributed by atoms with Crippen LogP contribution < -0.4 is 0 Å². The molecule has 0 fully saturated rings. The SMILES string of the molecule is CC(=O)O.O=C(O)O.[Fe].[MgH2]. The molecule has 5 nitrogen and oxygen atoms in total. The summed E-state index contributed by atoms with van der Waals surface area (Å²) in [5, 5.41) is 21.4. The van der Waals surface area contributed by atoms with Crippen molar-refractivity contribution in [1.29, 1.82) is 0 Å². The molecule has 0 aliphatic carbocycles. The van der Waals surface area contributed by atoms with Gasteiger partial charge in [0.25, 0.3) is 5.97 Å². The Balaban J connectivity index is -0.0000000300. The topological polar surface area (TPSA) is 94.8 Å². The van der Waals surface area contributed by atoms with E-state index in [1.807, 2.05) is 0 Å². The van der Waals surface area contributed by atoms with Gasteiger partial charge in [0.1, 0.15) is 0 Å². The minimum atomic E-state index is -1.83. The van der Waals surface area contributed by atoms with Gasteiger partial charge in [-0.2, -0.15) is 0 Å². The molecule has 0 heterocycles. The summed E-state index contributed by atoms with van der Waals surface area (Å²) >= 11 is 0. The fourth-order valence-corrected chi connectivity index (χ4v) is 0. The van der Waals surface area contributed by atoms with Crippen LogP contribution in [0.3, 0.4) is 0 Å². The van der Waals surface area contributed by atoms with Crippen LogP contribution in [0.5, 0.6) is 0 Å². The van der Waals surface area contributed by atoms with Gasteiger partial charge in [0.05, 0.1) is 0 Å². The molecule has 0 atom stereocenters. The van der Waals surface area contributed by atoms with E-state index in [-0.39, 0.29) is 40.1 Å². The smallest absolute Gasteiger partial charge is 0.481 e. The molecule has 0 unspecified atom stereocenters. The summed E-state index contributed by atoms with van der Waals surface area (Å²) < 4.78 is 0. The first-order chi connectivity index (χ1) is 3.46. The molecule has 0 aromatic rings. The summed E-state index contributed by atoms with van der Waals surface area (Å²) in [4.78, 5) is 17.6. The van der Waals surface area contributed by atoms with Gasteiger partial charge in [-0.1, -0.05) is 0 Å². The number of aliphatic carboxylic acids is 1. The average Bonchev–Trinajstić information content (AvgIpc) is 1.25.